The van der Waals surface area contributed by atoms with E-state index in [1.165, 1.54) is 18.6 Å². The third-order valence-corrected chi connectivity index (χ3v) is 1.41. The van der Waals surface area contributed by atoms with Crippen molar-refractivity contribution in [3.63, 3.8) is 0 Å². The molecule has 0 fully saturated rings. The Morgan fingerprint density at radius 1 is 1.77 bits per heavy atom. The number of ether oxygens (including phenoxy) is 1. The minimum Gasteiger partial charge on any atom is -0.472 e. The molecule has 1 aromatic rings. The molecule has 0 radical (unpaired) electrons. The third kappa shape index (κ3) is 2.66. The number of esters is 1. The quantitative estimate of drug-likeness (QED) is 0.561. The van der Waals surface area contributed by atoms with Crippen LogP contribution in [0.15, 0.2) is 29.1 Å². The van der Waals surface area contributed by atoms with Gasteiger partial charge in [-0.25, -0.2) is 4.79 Å². The van der Waals surface area contributed by atoms with Gasteiger partial charge < -0.3 is 14.9 Å². The molecular formula is C9H11NO3. The predicted molar refractivity (Wildman–Crippen MR) is 47.5 cm³/mol. The van der Waals surface area contributed by atoms with Crippen LogP contribution in [0.2, 0.25) is 0 Å². The van der Waals surface area contributed by atoms with Gasteiger partial charge in [-0.15, -0.1) is 0 Å². The summed E-state index contributed by atoms with van der Waals surface area (Å²) < 4.78 is 9.49. The predicted octanol–water partition coefficient (Wildman–Crippen LogP) is 1.14. The van der Waals surface area contributed by atoms with Gasteiger partial charge in [-0.3, -0.25) is 0 Å². The normalized spacial score (nSPS) is 11.3. The lowest BCUT2D eigenvalue weighted by atomic mass is 10.2. The van der Waals surface area contributed by atoms with Crippen molar-refractivity contribution in [2.75, 3.05) is 6.61 Å². The summed E-state index contributed by atoms with van der Waals surface area (Å²) in [6.45, 7) is 2.08. The van der Waals surface area contributed by atoms with Crippen molar-refractivity contribution >= 4 is 11.7 Å². The van der Waals surface area contributed by atoms with Gasteiger partial charge in [0.2, 0.25) is 0 Å². The van der Waals surface area contributed by atoms with E-state index < -0.39 is 5.97 Å². The Kier molecular flexibility index (Phi) is 3.14. The molecule has 0 aliphatic heterocycles. The molecule has 0 atom stereocenters. The van der Waals surface area contributed by atoms with Crippen molar-refractivity contribution in [2.24, 2.45) is 5.73 Å². The van der Waals surface area contributed by atoms with Gasteiger partial charge in [0, 0.05) is 17.3 Å². The van der Waals surface area contributed by atoms with Gasteiger partial charge in [0.25, 0.3) is 0 Å². The van der Waals surface area contributed by atoms with Crippen molar-refractivity contribution in [2.45, 2.75) is 6.92 Å². The van der Waals surface area contributed by atoms with E-state index in [2.05, 4.69) is 4.74 Å². The second kappa shape index (κ2) is 4.35. The topological polar surface area (TPSA) is 65.5 Å². The maximum Gasteiger partial charge on any atom is 0.332 e. The molecule has 4 heteroatoms. The smallest absolute Gasteiger partial charge is 0.332 e. The van der Waals surface area contributed by atoms with Crippen molar-refractivity contribution < 1.29 is 13.9 Å². The molecule has 0 spiro atoms. The lowest BCUT2D eigenvalue weighted by Crippen LogP contribution is -2.04. The molecule has 1 heterocycles. The maximum atomic E-state index is 10.9. The second-order valence-electron chi connectivity index (χ2n) is 2.36. The number of hydrogen-bond donors (Lipinski definition) is 1. The standard InChI is InChI=1S/C9H11NO3/c1-2-13-9(11)5-8(10)7-3-4-12-6-7/h3-6H,2,10H2,1H3. The number of rotatable bonds is 3. The van der Waals surface area contributed by atoms with Gasteiger partial charge in [-0.1, -0.05) is 0 Å². The van der Waals surface area contributed by atoms with E-state index in [-0.39, 0.29) is 0 Å². The molecule has 4 nitrogen and oxygen atoms in total. The minimum atomic E-state index is -0.443. The molecule has 13 heavy (non-hydrogen) atoms. The molecule has 0 saturated heterocycles. The lowest BCUT2D eigenvalue weighted by Gasteiger charge is -1.97. The first-order chi connectivity index (χ1) is 6.24. The molecule has 0 aliphatic rings. The van der Waals surface area contributed by atoms with Crippen LogP contribution in [0, 0.1) is 0 Å². The number of carbonyl (C=O) groups excluding carboxylic acids is 1. The molecule has 2 N–H and O–H groups in total. The molecule has 0 aliphatic carbocycles. The van der Waals surface area contributed by atoms with Crippen LogP contribution in [0.1, 0.15) is 12.5 Å². The molecule has 0 saturated carbocycles. The first-order valence-corrected chi connectivity index (χ1v) is 3.90. The SMILES string of the molecule is CCOC(=O)C=C(N)c1ccoc1. The molecule has 1 aromatic heterocycles. The summed E-state index contributed by atoms with van der Waals surface area (Å²) in [6, 6.07) is 1.67. The second-order valence-corrected chi connectivity index (χ2v) is 2.36. The molecule has 0 aromatic carbocycles. The Hall–Kier alpha value is -1.71. The summed E-state index contributed by atoms with van der Waals surface area (Å²) in [4.78, 5) is 10.9. The molecule has 0 amide bonds. The number of carbonyl (C=O) groups is 1. The van der Waals surface area contributed by atoms with Crippen LogP contribution >= 0.6 is 0 Å². The number of nitrogens with two attached hydrogens (primary N) is 1. The zero-order valence-corrected chi connectivity index (χ0v) is 7.32. The molecular weight excluding hydrogens is 170 g/mol. The van der Waals surface area contributed by atoms with E-state index in [9.17, 15) is 4.79 Å². The van der Waals surface area contributed by atoms with Crippen LogP contribution in [0.25, 0.3) is 5.70 Å². The van der Waals surface area contributed by atoms with Gasteiger partial charge in [-0.2, -0.15) is 0 Å². The minimum absolute atomic E-state index is 0.340. The third-order valence-electron chi connectivity index (χ3n) is 1.41. The zero-order chi connectivity index (χ0) is 9.68. The van der Waals surface area contributed by atoms with E-state index in [0.29, 0.717) is 17.9 Å². The van der Waals surface area contributed by atoms with E-state index >= 15 is 0 Å². The highest BCUT2D eigenvalue weighted by Crippen LogP contribution is 2.08. The Morgan fingerprint density at radius 3 is 3.08 bits per heavy atom. The summed E-state index contributed by atoms with van der Waals surface area (Å²) in [7, 11) is 0. The fourth-order valence-electron chi connectivity index (χ4n) is 0.823. The summed E-state index contributed by atoms with van der Waals surface area (Å²) >= 11 is 0. The van der Waals surface area contributed by atoms with Gasteiger partial charge >= 0.3 is 5.97 Å². The average Bonchev–Trinajstić information content (AvgIpc) is 2.55. The largest absolute Gasteiger partial charge is 0.472 e. The van der Waals surface area contributed by atoms with Gasteiger partial charge in [-0.05, 0) is 13.0 Å². The highest BCUT2D eigenvalue weighted by atomic mass is 16.5. The zero-order valence-electron chi connectivity index (χ0n) is 7.32. The highest BCUT2D eigenvalue weighted by molar-refractivity contribution is 5.90. The maximum absolute atomic E-state index is 10.9. The Balaban J connectivity index is 2.67. The number of hydrogen-bond acceptors (Lipinski definition) is 4. The summed E-state index contributed by atoms with van der Waals surface area (Å²) in [5, 5.41) is 0. The monoisotopic (exact) mass is 181 g/mol. The van der Waals surface area contributed by atoms with Gasteiger partial charge in [0.1, 0.15) is 0 Å². The fraction of sp³-hybridized carbons (Fsp3) is 0.222. The van der Waals surface area contributed by atoms with Gasteiger partial charge in [0.15, 0.2) is 0 Å². The van der Waals surface area contributed by atoms with Crippen LogP contribution in [0.4, 0.5) is 0 Å². The van der Waals surface area contributed by atoms with E-state index in [4.69, 9.17) is 10.2 Å². The molecule has 0 bridgehead atoms. The van der Waals surface area contributed by atoms with Crippen LogP contribution in [-0.4, -0.2) is 12.6 Å². The van der Waals surface area contributed by atoms with Crippen molar-refractivity contribution in [3.8, 4) is 0 Å². The molecule has 0 unspecified atom stereocenters. The molecule has 1 rings (SSSR count). The summed E-state index contributed by atoms with van der Waals surface area (Å²) in [5.41, 5.74) is 6.59. The molecule has 70 valence electrons. The Labute approximate surface area is 76.0 Å². The van der Waals surface area contributed by atoms with Crippen molar-refractivity contribution in [1.29, 1.82) is 0 Å². The number of furan rings is 1. The Morgan fingerprint density at radius 2 is 2.54 bits per heavy atom. The van der Waals surface area contributed by atoms with Crippen molar-refractivity contribution in [3.05, 3.63) is 30.2 Å². The first kappa shape index (κ1) is 9.38. The lowest BCUT2D eigenvalue weighted by molar-refractivity contribution is -0.137. The van der Waals surface area contributed by atoms with Crippen LogP contribution in [-0.2, 0) is 9.53 Å². The van der Waals surface area contributed by atoms with Gasteiger partial charge in [0.05, 0.1) is 19.1 Å². The van der Waals surface area contributed by atoms with E-state index in [1.54, 1.807) is 13.0 Å². The van der Waals surface area contributed by atoms with E-state index in [0.717, 1.165) is 0 Å². The van der Waals surface area contributed by atoms with Crippen LogP contribution in [0.3, 0.4) is 0 Å². The first-order valence-electron chi connectivity index (χ1n) is 3.90. The summed E-state index contributed by atoms with van der Waals surface area (Å²) in [6.07, 6.45) is 4.18. The van der Waals surface area contributed by atoms with Crippen molar-refractivity contribution in [1.82, 2.24) is 0 Å². The highest BCUT2D eigenvalue weighted by Gasteiger charge is 2.01. The summed E-state index contributed by atoms with van der Waals surface area (Å²) in [5.74, 6) is -0.443. The fourth-order valence-corrected chi connectivity index (χ4v) is 0.823. The van der Waals surface area contributed by atoms with E-state index in [1.807, 2.05) is 0 Å². The Bertz CT molecular complexity index is 301. The average molecular weight is 181 g/mol. The van der Waals surface area contributed by atoms with Crippen LogP contribution in [0.5, 0.6) is 0 Å². The van der Waals surface area contributed by atoms with Crippen LogP contribution < -0.4 is 5.73 Å².